The minimum atomic E-state index is 0.372. The lowest BCUT2D eigenvalue weighted by Crippen LogP contribution is -2.39. The summed E-state index contributed by atoms with van der Waals surface area (Å²) in [6.45, 7) is 10.3. The molecule has 1 aromatic heterocycles. The summed E-state index contributed by atoms with van der Waals surface area (Å²) in [5.74, 6) is 0. The second kappa shape index (κ2) is 5.85. The van der Waals surface area contributed by atoms with Gasteiger partial charge in [-0.25, -0.2) is 0 Å². The molecule has 102 valence electrons. The zero-order chi connectivity index (χ0) is 13.1. The first kappa shape index (κ1) is 13.6. The van der Waals surface area contributed by atoms with Gasteiger partial charge in [0.15, 0.2) is 0 Å². The third-order valence-corrected chi connectivity index (χ3v) is 3.78. The lowest BCUT2D eigenvalue weighted by atomic mass is 10.1. The lowest BCUT2D eigenvalue weighted by Gasteiger charge is -2.24. The summed E-state index contributed by atoms with van der Waals surface area (Å²) >= 11 is 0. The number of hydrogen-bond donors (Lipinski definition) is 1. The number of nitrogens with one attached hydrogen (secondary N) is 1. The van der Waals surface area contributed by atoms with Crippen LogP contribution in [0.3, 0.4) is 0 Å². The number of rotatable bonds is 5. The third kappa shape index (κ3) is 3.33. The van der Waals surface area contributed by atoms with E-state index in [4.69, 9.17) is 0 Å². The topological polar surface area (TPSA) is 33.1 Å². The fraction of sp³-hybridized carbons (Fsp3) is 0.786. The Bertz CT molecular complexity index is 379. The quantitative estimate of drug-likeness (QED) is 0.866. The molecule has 2 heterocycles. The van der Waals surface area contributed by atoms with Gasteiger partial charge < -0.3 is 10.2 Å². The van der Waals surface area contributed by atoms with E-state index in [9.17, 15) is 0 Å². The van der Waals surface area contributed by atoms with Crippen molar-refractivity contribution < 1.29 is 0 Å². The number of nitrogens with zero attached hydrogens (tertiary/aromatic N) is 3. The van der Waals surface area contributed by atoms with Crippen LogP contribution >= 0.6 is 0 Å². The average molecular weight is 250 g/mol. The van der Waals surface area contributed by atoms with Crippen LogP contribution in [0.15, 0.2) is 6.20 Å². The van der Waals surface area contributed by atoms with Gasteiger partial charge in [0.05, 0.1) is 5.69 Å². The van der Waals surface area contributed by atoms with Gasteiger partial charge in [-0.2, -0.15) is 5.10 Å². The van der Waals surface area contributed by atoms with Gasteiger partial charge in [0.2, 0.25) is 0 Å². The molecule has 18 heavy (non-hydrogen) atoms. The molecule has 1 N–H and O–H groups in total. The van der Waals surface area contributed by atoms with Crippen molar-refractivity contribution in [3.63, 3.8) is 0 Å². The second-order valence-electron chi connectivity index (χ2n) is 5.64. The molecule has 4 nitrogen and oxygen atoms in total. The van der Waals surface area contributed by atoms with Crippen molar-refractivity contribution in [1.29, 1.82) is 0 Å². The Balaban J connectivity index is 1.86. The normalized spacial score (nSPS) is 20.2. The van der Waals surface area contributed by atoms with Gasteiger partial charge in [0.1, 0.15) is 0 Å². The predicted octanol–water partition coefficient (Wildman–Crippen LogP) is 1.86. The van der Waals surface area contributed by atoms with E-state index in [0.717, 1.165) is 12.2 Å². The van der Waals surface area contributed by atoms with Crippen molar-refractivity contribution in [2.45, 2.75) is 45.7 Å². The summed E-state index contributed by atoms with van der Waals surface area (Å²) in [5, 5.41) is 8.09. The van der Waals surface area contributed by atoms with Crippen LogP contribution in [0.1, 0.15) is 44.0 Å². The van der Waals surface area contributed by atoms with E-state index in [1.54, 1.807) is 0 Å². The Morgan fingerprint density at radius 2 is 2.00 bits per heavy atom. The average Bonchev–Trinajstić information content (AvgIpc) is 2.88. The highest BCUT2D eigenvalue weighted by atomic mass is 15.3. The molecule has 0 saturated carbocycles. The molecule has 2 unspecified atom stereocenters. The van der Waals surface area contributed by atoms with Crippen LogP contribution in [0.5, 0.6) is 0 Å². The van der Waals surface area contributed by atoms with Crippen molar-refractivity contribution in [1.82, 2.24) is 20.0 Å². The van der Waals surface area contributed by atoms with Crippen molar-refractivity contribution in [3.05, 3.63) is 17.5 Å². The maximum atomic E-state index is 4.41. The van der Waals surface area contributed by atoms with Gasteiger partial charge >= 0.3 is 0 Å². The summed E-state index contributed by atoms with van der Waals surface area (Å²) < 4.78 is 1.90. The second-order valence-corrected chi connectivity index (χ2v) is 5.64. The smallest absolute Gasteiger partial charge is 0.0641 e. The highest BCUT2D eigenvalue weighted by molar-refractivity contribution is 5.19. The summed E-state index contributed by atoms with van der Waals surface area (Å²) in [7, 11) is 1.98. The van der Waals surface area contributed by atoms with Crippen LogP contribution in [-0.4, -0.2) is 40.4 Å². The van der Waals surface area contributed by atoms with Gasteiger partial charge in [-0.05, 0) is 46.7 Å². The molecule has 0 bridgehead atoms. The molecule has 2 atom stereocenters. The summed E-state index contributed by atoms with van der Waals surface area (Å²) in [4.78, 5) is 2.56. The molecule has 0 radical (unpaired) electrons. The van der Waals surface area contributed by atoms with Gasteiger partial charge in [0.25, 0.3) is 0 Å². The lowest BCUT2D eigenvalue weighted by molar-refractivity contribution is 0.289. The molecule has 1 aliphatic rings. The molecule has 1 aromatic rings. The minimum Gasteiger partial charge on any atom is -0.306 e. The molecule has 0 aliphatic carbocycles. The zero-order valence-corrected chi connectivity index (χ0v) is 12.1. The fourth-order valence-electron chi connectivity index (χ4n) is 2.96. The number of aryl methyl sites for hydroxylation is 2. The van der Waals surface area contributed by atoms with E-state index in [1.807, 2.05) is 11.7 Å². The van der Waals surface area contributed by atoms with Crippen LogP contribution in [0.25, 0.3) is 0 Å². The maximum Gasteiger partial charge on any atom is 0.0641 e. The predicted molar refractivity (Wildman–Crippen MR) is 74.6 cm³/mol. The molecule has 2 rings (SSSR count). The van der Waals surface area contributed by atoms with E-state index >= 15 is 0 Å². The fourth-order valence-corrected chi connectivity index (χ4v) is 2.96. The minimum absolute atomic E-state index is 0.372. The first-order valence-corrected chi connectivity index (χ1v) is 7.05. The van der Waals surface area contributed by atoms with Gasteiger partial charge in [-0.1, -0.05) is 0 Å². The molecule has 4 heteroatoms. The van der Waals surface area contributed by atoms with E-state index in [1.165, 1.54) is 31.5 Å². The standard InChI is InChI=1S/C14H26N4/c1-11(9-18-7-5-6-8-18)15-12(2)14-10-17(4)16-13(14)3/h10-12,15H,5-9H2,1-4H3. The van der Waals surface area contributed by atoms with Crippen molar-refractivity contribution in [3.8, 4) is 0 Å². The van der Waals surface area contributed by atoms with Crippen molar-refractivity contribution in [2.75, 3.05) is 19.6 Å². The van der Waals surface area contributed by atoms with Crippen LogP contribution in [0.4, 0.5) is 0 Å². The van der Waals surface area contributed by atoms with Gasteiger partial charge in [0, 0.05) is 37.4 Å². The Labute approximate surface area is 110 Å². The van der Waals surface area contributed by atoms with Crippen LogP contribution in [-0.2, 0) is 7.05 Å². The van der Waals surface area contributed by atoms with Gasteiger partial charge in [-0.3, -0.25) is 4.68 Å². The molecule has 1 aliphatic heterocycles. The number of aromatic nitrogens is 2. The Morgan fingerprint density at radius 1 is 1.33 bits per heavy atom. The SMILES string of the molecule is Cc1nn(C)cc1C(C)NC(C)CN1CCCC1. The molecular weight excluding hydrogens is 224 g/mol. The zero-order valence-electron chi connectivity index (χ0n) is 12.1. The number of likely N-dealkylation sites (tertiary alicyclic amines) is 1. The summed E-state index contributed by atoms with van der Waals surface area (Å²) in [5.41, 5.74) is 2.44. The third-order valence-electron chi connectivity index (χ3n) is 3.78. The molecular formula is C14H26N4. The van der Waals surface area contributed by atoms with E-state index in [0.29, 0.717) is 12.1 Å². The van der Waals surface area contributed by atoms with Crippen molar-refractivity contribution >= 4 is 0 Å². The maximum absolute atomic E-state index is 4.41. The molecule has 0 amide bonds. The molecule has 0 aromatic carbocycles. The van der Waals surface area contributed by atoms with E-state index in [-0.39, 0.29) is 0 Å². The van der Waals surface area contributed by atoms with Crippen LogP contribution < -0.4 is 5.32 Å². The van der Waals surface area contributed by atoms with E-state index in [2.05, 4.69) is 42.3 Å². The highest BCUT2D eigenvalue weighted by Gasteiger charge is 2.18. The first-order valence-electron chi connectivity index (χ1n) is 7.05. The van der Waals surface area contributed by atoms with E-state index < -0.39 is 0 Å². The Morgan fingerprint density at radius 3 is 2.56 bits per heavy atom. The highest BCUT2D eigenvalue weighted by Crippen LogP contribution is 2.16. The van der Waals surface area contributed by atoms with Crippen LogP contribution in [0.2, 0.25) is 0 Å². The molecule has 1 saturated heterocycles. The summed E-state index contributed by atoms with van der Waals surface area (Å²) in [6.07, 6.45) is 4.85. The Hall–Kier alpha value is -0.870. The van der Waals surface area contributed by atoms with Gasteiger partial charge in [-0.15, -0.1) is 0 Å². The summed E-state index contributed by atoms with van der Waals surface area (Å²) in [6, 6.07) is 0.897. The largest absolute Gasteiger partial charge is 0.306 e. The monoisotopic (exact) mass is 250 g/mol. The van der Waals surface area contributed by atoms with Crippen LogP contribution in [0, 0.1) is 6.92 Å². The Kier molecular flexibility index (Phi) is 4.40. The first-order chi connectivity index (χ1) is 8.56. The molecule has 1 fully saturated rings. The molecule has 0 spiro atoms. The number of hydrogen-bond acceptors (Lipinski definition) is 3. The van der Waals surface area contributed by atoms with Crippen molar-refractivity contribution in [2.24, 2.45) is 7.05 Å².